The van der Waals surface area contributed by atoms with E-state index in [1.165, 1.54) is 6.08 Å². The number of carbonyl (C=O) groups excluding carboxylic acids is 1. The van der Waals surface area contributed by atoms with Gasteiger partial charge in [-0.1, -0.05) is 42.0 Å². The molecule has 108 valence electrons. The lowest BCUT2D eigenvalue weighted by molar-refractivity contribution is 0.104. The molecule has 0 fully saturated rings. The summed E-state index contributed by atoms with van der Waals surface area (Å²) in [5.74, 6) is 0.148. The first kappa shape index (κ1) is 15.0. The van der Waals surface area contributed by atoms with Crippen molar-refractivity contribution in [3.05, 3.63) is 70.8 Å². The Morgan fingerprint density at radius 1 is 1.19 bits per heavy atom. The molecule has 0 saturated carbocycles. The van der Waals surface area contributed by atoms with Gasteiger partial charge in [0.2, 0.25) is 0 Å². The number of carbonyl (C=O) groups is 1. The molecule has 3 heteroatoms. The number of hydrogen-bond acceptors (Lipinski definition) is 3. The first-order valence-electron chi connectivity index (χ1n) is 6.70. The first-order chi connectivity index (χ1) is 10.1. The van der Waals surface area contributed by atoms with Gasteiger partial charge in [-0.2, -0.15) is 0 Å². The molecule has 2 rings (SSSR count). The number of phenols is 1. The fourth-order valence-corrected chi connectivity index (χ4v) is 1.97. The van der Waals surface area contributed by atoms with Gasteiger partial charge in [-0.15, -0.1) is 0 Å². The Labute approximate surface area is 124 Å². The summed E-state index contributed by atoms with van der Waals surface area (Å²) in [5.41, 5.74) is 3.33. The number of allylic oxidation sites excluding steroid dienone is 1. The summed E-state index contributed by atoms with van der Waals surface area (Å²) < 4.78 is 5.02. The average molecular weight is 282 g/mol. The molecule has 1 N–H and O–H groups in total. The van der Waals surface area contributed by atoms with E-state index in [9.17, 15) is 9.90 Å². The van der Waals surface area contributed by atoms with E-state index in [1.54, 1.807) is 31.4 Å². The summed E-state index contributed by atoms with van der Waals surface area (Å²) in [5, 5.41) is 9.68. The van der Waals surface area contributed by atoms with Crippen LogP contribution in [0.2, 0.25) is 0 Å². The zero-order chi connectivity index (χ0) is 15.2. The molecule has 0 amide bonds. The minimum absolute atomic E-state index is 0.0450. The average Bonchev–Trinajstić information content (AvgIpc) is 2.48. The van der Waals surface area contributed by atoms with E-state index >= 15 is 0 Å². The van der Waals surface area contributed by atoms with Crippen LogP contribution in [0.1, 0.15) is 27.0 Å². The third-order valence-corrected chi connectivity index (χ3v) is 3.17. The van der Waals surface area contributed by atoms with Crippen molar-refractivity contribution < 1.29 is 14.6 Å². The van der Waals surface area contributed by atoms with Crippen LogP contribution in [0.15, 0.2) is 48.5 Å². The molecule has 0 bridgehead atoms. The van der Waals surface area contributed by atoms with Crippen LogP contribution in [-0.4, -0.2) is 18.0 Å². The lowest BCUT2D eigenvalue weighted by atomic mass is 10.1. The Kier molecular flexibility index (Phi) is 4.90. The number of methoxy groups -OCH3 is 1. The normalized spacial score (nSPS) is 11.0. The van der Waals surface area contributed by atoms with Crippen LogP contribution in [0, 0.1) is 6.92 Å². The molecule has 21 heavy (non-hydrogen) atoms. The molecule has 0 spiro atoms. The molecule has 0 heterocycles. The van der Waals surface area contributed by atoms with Crippen LogP contribution in [0.25, 0.3) is 6.08 Å². The number of ketones is 1. The maximum absolute atomic E-state index is 12.0. The maximum atomic E-state index is 12.0. The van der Waals surface area contributed by atoms with Crippen LogP contribution >= 0.6 is 0 Å². The number of benzene rings is 2. The first-order valence-corrected chi connectivity index (χ1v) is 6.70. The summed E-state index contributed by atoms with van der Waals surface area (Å²) in [4.78, 5) is 12.0. The molecule has 0 radical (unpaired) electrons. The second-order valence-electron chi connectivity index (χ2n) is 4.88. The van der Waals surface area contributed by atoms with E-state index in [0.717, 1.165) is 11.1 Å². The molecule has 0 atom stereocenters. The summed E-state index contributed by atoms with van der Waals surface area (Å²) in [6, 6.07) is 12.6. The highest BCUT2D eigenvalue weighted by Crippen LogP contribution is 2.20. The zero-order valence-corrected chi connectivity index (χ0v) is 12.2. The van der Waals surface area contributed by atoms with Crippen LogP contribution in [0.5, 0.6) is 5.75 Å². The van der Waals surface area contributed by atoms with Gasteiger partial charge in [0.25, 0.3) is 0 Å². The highest BCUT2D eigenvalue weighted by Gasteiger charge is 2.03. The fourth-order valence-electron chi connectivity index (χ4n) is 1.97. The van der Waals surface area contributed by atoms with Gasteiger partial charge in [0.05, 0.1) is 6.61 Å². The van der Waals surface area contributed by atoms with Gasteiger partial charge < -0.3 is 9.84 Å². The molecule has 0 aliphatic carbocycles. The Morgan fingerprint density at radius 3 is 2.57 bits per heavy atom. The maximum Gasteiger partial charge on any atom is 0.185 e. The predicted molar refractivity (Wildman–Crippen MR) is 83.4 cm³/mol. The SMILES string of the molecule is COCc1cc(/C=C/C(=O)c2ccc(C)cc2)ccc1O. The fraction of sp³-hybridized carbons (Fsp3) is 0.167. The second kappa shape index (κ2) is 6.86. The molecule has 0 saturated heterocycles. The third kappa shape index (κ3) is 4.04. The highest BCUT2D eigenvalue weighted by molar-refractivity contribution is 6.06. The number of rotatable bonds is 5. The Morgan fingerprint density at radius 2 is 1.90 bits per heavy atom. The molecule has 2 aromatic carbocycles. The van der Waals surface area contributed by atoms with E-state index in [4.69, 9.17) is 4.74 Å². The Balaban J connectivity index is 2.15. The molecule has 2 aromatic rings. The van der Waals surface area contributed by atoms with Gasteiger partial charge in [-0.05, 0) is 30.7 Å². The van der Waals surface area contributed by atoms with Crippen LogP contribution < -0.4 is 0 Å². The molecule has 0 unspecified atom stereocenters. The van der Waals surface area contributed by atoms with Crippen LogP contribution in [0.3, 0.4) is 0 Å². The van der Waals surface area contributed by atoms with Crippen molar-refractivity contribution >= 4 is 11.9 Å². The van der Waals surface area contributed by atoms with Gasteiger partial charge >= 0.3 is 0 Å². The largest absolute Gasteiger partial charge is 0.508 e. The Hall–Kier alpha value is -2.39. The predicted octanol–water partition coefficient (Wildman–Crippen LogP) is 3.74. The van der Waals surface area contributed by atoms with Crippen molar-refractivity contribution in [2.45, 2.75) is 13.5 Å². The number of aromatic hydroxyl groups is 1. The standard InChI is InChI=1S/C18H18O3/c1-13-3-7-15(8-4-13)17(19)9-5-14-6-10-18(20)16(11-14)12-21-2/h3-11,20H,12H2,1-2H3/b9-5+. The quantitative estimate of drug-likeness (QED) is 0.671. The highest BCUT2D eigenvalue weighted by atomic mass is 16.5. The minimum atomic E-state index is -0.0450. The topological polar surface area (TPSA) is 46.5 Å². The molecule has 0 aliphatic heterocycles. The molecular weight excluding hydrogens is 264 g/mol. The minimum Gasteiger partial charge on any atom is -0.508 e. The Bertz CT molecular complexity index is 655. The van der Waals surface area contributed by atoms with Crippen LogP contribution in [0.4, 0.5) is 0 Å². The zero-order valence-electron chi connectivity index (χ0n) is 12.2. The summed E-state index contributed by atoms with van der Waals surface area (Å²) >= 11 is 0. The van der Waals surface area contributed by atoms with Crippen molar-refractivity contribution in [2.75, 3.05) is 7.11 Å². The van der Waals surface area contributed by atoms with Crippen molar-refractivity contribution in [2.24, 2.45) is 0 Å². The van der Waals surface area contributed by atoms with Gasteiger partial charge in [0, 0.05) is 18.2 Å². The van der Waals surface area contributed by atoms with E-state index in [1.807, 2.05) is 31.2 Å². The van der Waals surface area contributed by atoms with E-state index in [0.29, 0.717) is 17.7 Å². The molecule has 0 aliphatic rings. The van der Waals surface area contributed by atoms with Gasteiger partial charge in [-0.3, -0.25) is 4.79 Å². The van der Waals surface area contributed by atoms with E-state index in [2.05, 4.69) is 0 Å². The number of hydrogen-bond donors (Lipinski definition) is 1. The van der Waals surface area contributed by atoms with Gasteiger partial charge in [0.1, 0.15) is 5.75 Å². The van der Waals surface area contributed by atoms with Gasteiger partial charge in [-0.25, -0.2) is 0 Å². The number of ether oxygens (including phenoxy) is 1. The number of aryl methyl sites for hydroxylation is 1. The molecular formula is C18H18O3. The van der Waals surface area contributed by atoms with Gasteiger partial charge in [0.15, 0.2) is 5.78 Å². The third-order valence-electron chi connectivity index (χ3n) is 3.17. The van der Waals surface area contributed by atoms with Crippen molar-refractivity contribution in [1.29, 1.82) is 0 Å². The van der Waals surface area contributed by atoms with Crippen molar-refractivity contribution in [3.63, 3.8) is 0 Å². The molecule has 0 aromatic heterocycles. The summed E-state index contributed by atoms with van der Waals surface area (Å²) in [6.45, 7) is 2.32. The van der Waals surface area contributed by atoms with Crippen LogP contribution in [-0.2, 0) is 11.3 Å². The van der Waals surface area contributed by atoms with Crippen molar-refractivity contribution in [3.8, 4) is 5.75 Å². The smallest absolute Gasteiger partial charge is 0.185 e. The number of phenolic OH excluding ortho intramolecular Hbond substituents is 1. The summed E-state index contributed by atoms with van der Waals surface area (Å²) in [6.07, 6.45) is 3.27. The molecule has 3 nitrogen and oxygen atoms in total. The van der Waals surface area contributed by atoms with E-state index < -0.39 is 0 Å². The monoisotopic (exact) mass is 282 g/mol. The van der Waals surface area contributed by atoms with E-state index in [-0.39, 0.29) is 11.5 Å². The van der Waals surface area contributed by atoms with Crippen molar-refractivity contribution in [1.82, 2.24) is 0 Å². The lowest BCUT2D eigenvalue weighted by Crippen LogP contribution is -1.94. The second-order valence-corrected chi connectivity index (χ2v) is 4.88. The lowest BCUT2D eigenvalue weighted by Gasteiger charge is -2.04. The summed E-state index contributed by atoms with van der Waals surface area (Å²) in [7, 11) is 1.57.